The zero-order chi connectivity index (χ0) is 80.1. The van der Waals surface area contributed by atoms with Crippen LogP contribution >= 0.6 is 19.2 Å². The number of para-hydroxylation sites is 1. The lowest BCUT2D eigenvalue weighted by molar-refractivity contribution is -0.141. The number of unbranched alkanes of at least 4 members (excludes halogenated alkanes) is 2. The Hall–Kier alpha value is -10.2. The van der Waals surface area contributed by atoms with E-state index >= 15 is 0 Å². The monoisotopic (exact) mass is 1580 g/mol. The van der Waals surface area contributed by atoms with Gasteiger partial charge < -0.3 is 71.0 Å². The van der Waals surface area contributed by atoms with E-state index in [4.69, 9.17) is 24.3 Å². The normalized spacial score (nSPS) is 19.2. The number of primary amides is 1. The molecular weight excluding hydrogens is 1480 g/mol. The summed E-state index contributed by atoms with van der Waals surface area (Å²) in [6.45, 7) is 17.1. The van der Waals surface area contributed by atoms with E-state index in [1.165, 1.54) is 33.3 Å². The maximum Gasteiger partial charge on any atom is 0.469 e. The number of amides is 10. The number of likely N-dealkylation sites (tertiary alicyclic amines) is 2. The number of rotatable bonds is 33. The van der Waals surface area contributed by atoms with Gasteiger partial charge in [-0.1, -0.05) is 82.6 Å². The molecule has 5 aliphatic heterocycles. The van der Waals surface area contributed by atoms with Gasteiger partial charge in [-0.15, -0.1) is 21.5 Å². The maximum atomic E-state index is 14.7. The molecule has 6 aromatic rings. The molecule has 8 atom stereocenters. The lowest BCUT2D eigenvalue weighted by Crippen LogP contribution is -2.66. The number of fused-ring (bicyclic) bond motifs is 3. The van der Waals surface area contributed by atoms with Crippen molar-refractivity contribution >= 4 is 89.8 Å². The quantitative estimate of drug-likeness (QED) is 0.0113. The number of ether oxygens (including phenoxy) is 2. The zero-order valence-electron chi connectivity index (χ0n) is 63.8. The number of aryl methyl sites for hydroxylation is 1. The van der Waals surface area contributed by atoms with Gasteiger partial charge in [-0.25, -0.2) is 19.1 Å². The summed E-state index contributed by atoms with van der Waals surface area (Å²) in [7, 11) is -5.00. The maximum absolute atomic E-state index is 14.7. The van der Waals surface area contributed by atoms with Crippen LogP contribution in [0.3, 0.4) is 0 Å². The number of imide groups is 1. The third-order valence-corrected chi connectivity index (χ3v) is 22.7. The van der Waals surface area contributed by atoms with Crippen LogP contribution in [0.5, 0.6) is 11.6 Å². The third kappa shape index (κ3) is 20.9. The molecule has 5 aliphatic rings. The van der Waals surface area contributed by atoms with Gasteiger partial charge in [0.15, 0.2) is 11.6 Å². The Morgan fingerprint density at radius 3 is 2.22 bits per heavy atom. The summed E-state index contributed by atoms with van der Waals surface area (Å²) in [5, 5.41) is 38.2. The Morgan fingerprint density at radius 2 is 1.54 bits per heavy atom. The van der Waals surface area contributed by atoms with E-state index in [1.54, 1.807) is 74.0 Å². The van der Waals surface area contributed by atoms with Gasteiger partial charge in [0.05, 0.1) is 51.7 Å². The number of phenols is 1. The number of nitrogens with one attached hydrogen (secondary N) is 5. The van der Waals surface area contributed by atoms with Crippen LogP contribution in [0.15, 0.2) is 107 Å². The molecule has 0 saturated carbocycles. The molecule has 10 N–H and O–H groups in total. The van der Waals surface area contributed by atoms with Crippen molar-refractivity contribution in [2.45, 2.75) is 167 Å². The number of nitrogens with zero attached hydrogens (tertiary/aromatic N) is 10. The van der Waals surface area contributed by atoms with E-state index in [-0.39, 0.29) is 118 Å². The van der Waals surface area contributed by atoms with Crippen molar-refractivity contribution in [3.8, 4) is 33.3 Å². The summed E-state index contributed by atoms with van der Waals surface area (Å²) in [5.41, 5.74) is 12.3. The average Bonchev–Trinajstić information content (AvgIpc) is 0.884. The Labute approximate surface area is 652 Å². The fourth-order valence-corrected chi connectivity index (χ4v) is 16.4. The molecule has 112 heavy (non-hydrogen) atoms. The highest BCUT2D eigenvalue weighted by atomic mass is 32.1. The molecule has 33 nitrogen and oxygen atoms in total. The number of hydrogen-bond acceptors (Lipinski definition) is 23. The molecule has 3 aromatic carbocycles. The largest absolute Gasteiger partial charge is 0.507 e. The molecular formula is C77H99N16O17PS. The molecule has 3 fully saturated rings. The Kier molecular flexibility index (Phi) is 27.6. The number of piperidine rings is 1. The van der Waals surface area contributed by atoms with E-state index in [0.717, 1.165) is 59.1 Å². The first-order valence-electron chi connectivity index (χ1n) is 37.9. The van der Waals surface area contributed by atoms with Crippen molar-refractivity contribution < 1.29 is 81.1 Å². The van der Waals surface area contributed by atoms with Crippen LogP contribution in [0.4, 0.5) is 26.8 Å². The predicted octanol–water partition coefficient (Wildman–Crippen LogP) is 7.04. The van der Waals surface area contributed by atoms with E-state index in [9.17, 15) is 62.6 Å². The lowest BCUT2D eigenvalue weighted by Gasteiger charge is -2.53. The smallest absolute Gasteiger partial charge is 0.469 e. The molecule has 0 spiro atoms. The van der Waals surface area contributed by atoms with Crippen molar-refractivity contribution in [1.82, 2.24) is 61.2 Å². The van der Waals surface area contributed by atoms with E-state index in [0.29, 0.717) is 72.9 Å². The van der Waals surface area contributed by atoms with Gasteiger partial charge in [0.25, 0.3) is 17.7 Å². The third-order valence-electron chi connectivity index (χ3n) is 21.1. The standard InChI is InChI=1S/C77H99N16O17PS/c1-45(2)68(75(101)92-41-55(110-111(104,105)106)38-60(92)73(99)81-47(5)51-20-22-52(23-21-51)70-48(6)80-44-112-70)63-40-65(87-109-63)107-37-36-88-32-28-54(29-33-88)89-34-35-90-59-39-58(56-14-10-11-16-62(56)94)85-86-71(59)93(49(7)61(90)42-89)77(103)108-43-50-18-24-53(25-19-50)82-72(98)57(15-13-30-79-76(78)102)83-74(100)69(46(3)4)84-64(95)17-9-8-12-31-91-66(96)26-27-67(91)97/h10-11,14,16,18-27,39-40,44-47,49,54-55,57,60-61,68-69,94H,8-9,12-13,15,17,28-38,41-43H2,1-7H3,(H,81,99)(H,82,98)(H,83,100)(H,84,95)(H3,78,79,102)(H2,104,105,106)/t47-,49-,55+,57-,60-,61-,68+,69-/m0/s1. The van der Waals surface area contributed by atoms with Crippen molar-refractivity contribution in [2.24, 2.45) is 17.6 Å². The zero-order valence-corrected chi connectivity index (χ0v) is 65.5. The van der Waals surface area contributed by atoms with E-state index in [2.05, 4.69) is 61.6 Å². The fraction of sp³-hybridized carbons (Fsp3) is 0.494. The van der Waals surface area contributed by atoms with Crippen LogP contribution in [0, 0.1) is 18.8 Å². The Morgan fingerprint density at radius 1 is 0.812 bits per heavy atom. The fourth-order valence-electron chi connectivity index (χ4n) is 15.1. The summed E-state index contributed by atoms with van der Waals surface area (Å²) in [5.74, 6) is -4.30. The predicted molar refractivity (Wildman–Crippen MR) is 414 cm³/mol. The van der Waals surface area contributed by atoms with Crippen molar-refractivity contribution in [2.75, 3.05) is 80.6 Å². The number of anilines is 3. The first-order valence-corrected chi connectivity index (χ1v) is 40.3. The number of hydrogen-bond donors (Lipinski definition) is 9. The molecule has 8 heterocycles. The minimum absolute atomic E-state index is 0.0198. The lowest BCUT2D eigenvalue weighted by atomic mass is 9.91. The molecule has 600 valence electrons. The molecule has 3 saturated heterocycles. The molecule has 10 amide bonds. The minimum atomic E-state index is -5.00. The SMILES string of the molecule is Cc1ncsc1-c1ccc([C@H](C)NC(=O)[C@@H]2C[C@@H](OP(=O)(O)O)CN2C(=O)[C@@H](c2cc(OCCN3CCC(N4CCN5c6cc(-c7ccccc7O)nnc6N(C(=O)OCc6ccc(NC(=O)[C@H](CCCNC(N)=O)NC(=O)[C@@H](NC(=O)CCCCCN7C(=O)C=CC7=O)C(C)C)cc6)[C@@H](C)[C@@H]5C4)CC3)no2)C(C)C)cc1. The number of carbonyl (C=O) groups excluding carboxylic acids is 9. The highest BCUT2D eigenvalue weighted by molar-refractivity contribution is 7.46. The molecule has 0 unspecified atom stereocenters. The number of thiazole rings is 1. The Balaban J connectivity index is 0.678. The number of piperazine rings is 1. The second-order valence-corrected chi connectivity index (χ2v) is 31.7. The summed E-state index contributed by atoms with van der Waals surface area (Å²) < 4.78 is 35.2. The average molecular weight is 1580 g/mol. The molecule has 35 heteroatoms. The van der Waals surface area contributed by atoms with Gasteiger partial charge in [0.1, 0.15) is 43.0 Å². The number of nitrogens with two attached hydrogens (primary N) is 1. The van der Waals surface area contributed by atoms with Crippen molar-refractivity contribution in [1.29, 1.82) is 0 Å². The van der Waals surface area contributed by atoms with Crippen LogP contribution < -0.4 is 46.9 Å². The first kappa shape index (κ1) is 82.7. The van der Waals surface area contributed by atoms with Gasteiger partial charge in [-0.2, -0.15) is 0 Å². The van der Waals surface area contributed by atoms with Crippen LogP contribution in [0.25, 0.3) is 21.7 Å². The topological polar surface area (TPSA) is 429 Å². The number of urea groups is 1. The Bertz CT molecular complexity index is 4420. The van der Waals surface area contributed by atoms with Crippen molar-refractivity contribution in [3.63, 3.8) is 0 Å². The van der Waals surface area contributed by atoms with E-state index < -0.39 is 85.8 Å². The van der Waals surface area contributed by atoms with Gasteiger partial charge in [-0.3, -0.25) is 57.7 Å². The van der Waals surface area contributed by atoms with Crippen LogP contribution in [-0.4, -0.2) is 216 Å². The van der Waals surface area contributed by atoms with Gasteiger partial charge in [0.2, 0.25) is 29.5 Å². The number of benzene rings is 3. The van der Waals surface area contributed by atoms with Gasteiger partial charge >= 0.3 is 19.9 Å². The summed E-state index contributed by atoms with van der Waals surface area (Å²) in [6.07, 6.45) is 4.13. The molecule has 3 aromatic heterocycles. The second-order valence-electron chi connectivity index (χ2n) is 29.6. The van der Waals surface area contributed by atoms with Crippen LogP contribution in [0.1, 0.15) is 134 Å². The highest BCUT2D eigenvalue weighted by Gasteiger charge is 2.48. The molecule has 0 bridgehead atoms. The van der Waals surface area contributed by atoms with Crippen molar-refractivity contribution in [3.05, 3.63) is 125 Å². The number of aromatic nitrogens is 4. The number of phosphoric acid groups is 1. The summed E-state index contributed by atoms with van der Waals surface area (Å²) >= 11 is 1.53. The van der Waals surface area contributed by atoms with E-state index in [1.807, 2.05) is 65.0 Å². The van der Waals surface area contributed by atoms with Gasteiger partial charge in [-0.05, 0) is 136 Å². The highest BCUT2D eigenvalue weighted by Crippen LogP contribution is 2.44. The molecule has 0 aliphatic carbocycles. The first-order chi connectivity index (χ1) is 53.6. The second kappa shape index (κ2) is 37.4. The number of phosphoric ester groups is 1. The van der Waals surface area contributed by atoms with Gasteiger partial charge in [0, 0.05) is 94.2 Å². The number of aromatic hydroxyl groups is 1. The molecule has 0 radical (unpaired) electrons. The van der Waals surface area contributed by atoms with Crippen LogP contribution in [0.2, 0.25) is 0 Å². The minimum Gasteiger partial charge on any atom is -0.507 e. The number of phenolic OH excluding ortho intramolecular Hbond substituents is 1. The molecule has 11 rings (SSSR count). The summed E-state index contributed by atoms with van der Waals surface area (Å²) in [4.78, 5) is 156. The summed E-state index contributed by atoms with van der Waals surface area (Å²) in [6, 6.07) is 19.7. The number of carbonyl (C=O) groups is 9. The van der Waals surface area contributed by atoms with Crippen LogP contribution in [-0.2, 0) is 54.0 Å².